The highest BCUT2D eigenvalue weighted by molar-refractivity contribution is 5.79. The monoisotopic (exact) mass is 402 g/mol. The first-order valence-corrected chi connectivity index (χ1v) is 11.0. The second kappa shape index (κ2) is 18.9. The molecule has 0 aromatic rings. The number of carboxylic acids is 2. The van der Waals surface area contributed by atoms with Crippen LogP contribution in [0, 0.1) is 0 Å². The third-order valence-corrected chi connectivity index (χ3v) is 4.30. The van der Waals surface area contributed by atoms with Crippen molar-refractivity contribution in [3.05, 3.63) is 0 Å². The third kappa shape index (κ3) is 15.6. The summed E-state index contributed by atoms with van der Waals surface area (Å²) < 4.78 is 0. The second-order valence-corrected chi connectivity index (χ2v) is 7.57. The van der Waals surface area contributed by atoms with E-state index in [1.54, 1.807) is 0 Å². The summed E-state index contributed by atoms with van der Waals surface area (Å²) in [5, 5.41) is 25.9. The Morgan fingerprint density at radius 1 is 0.607 bits per heavy atom. The van der Waals surface area contributed by atoms with Crippen molar-refractivity contribution in [1.29, 1.82) is 0 Å². The molecule has 0 aromatic carbocycles. The van der Waals surface area contributed by atoms with Crippen molar-refractivity contribution in [2.75, 3.05) is 0 Å². The maximum atomic E-state index is 11.2. The Morgan fingerprint density at radius 2 is 0.857 bits per heavy atom. The second-order valence-electron chi connectivity index (χ2n) is 7.57. The van der Waals surface area contributed by atoms with Gasteiger partial charge in [0, 0.05) is 0 Å². The highest BCUT2D eigenvalue weighted by atomic mass is 16.4. The Hall–Kier alpha value is -1.46. The molecule has 0 aliphatic heterocycles. The van der Waals surface area contributed by atoms with Gasteiger partial charge in [0.15, 0.2) is 11.1 Å². The predicted octanol–water partition coefficient (Wildman–Crippen LogP) is 7.12. The van der Waals surface area contributed by atoms with Gasteiger partial charge in [0.1, 0.15) is 0 Å². The number of hydrogen-bond donors (Lipinski definition) is 2. The average molecular weight is 403 g/mol. The number of nitrogens with zero attached hydrogens (tertiary/aromatic N) is 2. The van der Waals surface area contributed by atoms with Crippen molar-refractivity contribution in [3.8, 4) is 0 Å². The SMILES string of the molecule is CCCC(C)(N=NC(C)(CCC)C(=O)O)C(=O)O.CCCCC.CCCCC. The molecule has 28 heavy (non-hydrogen) atoms. The zero-order chi connectivity index (χ0) is 22.6. The van der Waals surface area contributed by atoms with Gasteiger partial charge < -0.3 is 10.2 Å². The zero-order valence-electron chi connectivity index (χ0n) is 19.7. The van der Waals surface area contributed by atoms with Crippen LogP contribution in [0.4, 0.5) is 0 Å². The molecular weight excluding hydrogens is 356 g/mol. The van der Waals surface area contributed by atoms with Crippen molar-refractivity contribution < 1.29 is 19.8 Å². The topological polar surface area (TPSA) is 99.3 Å². The first-order valence-electron chi connectivity index (χ1n) is 11.0. The number of aliphatic carboxylic acids is 2. The van der Waals surface area contributed by atoms with E-state index in [2.05, 4.69) is 37.9 Å². The van der Waals surface area contributed by atoms with Gasteiger partial charge in [-0.2, -0.15) is 10.2 Å². The standard InChI is InChI=1S/C12H22N2O4.2C5H12/c1-5-7-11(3,9(15)16)13-14-12(4,8-6-2)10(17)18;2*1-3-5-4-2/h5-8H2,1-4H3,(H,15,16)(H,17,18);2*3-5H2,1-2H3. The Morgan fingerprint density at radius 3 is 0.964 bits per heavy atom. The van der Waals surface area contributed by atoms with Crippen molar-refractivity contribution in [2.45, 2.75) is 131 Å². The third-order valence-electron chi connectivity index (χ3n) is 4.30. The molecule has 2 N–H and O–H groups in total. The molecule has 0 spiro atoms. The van der Waals surface area contributed by atoms with Crippen LogP contribution < -0.4 is 0 Å². The fourth-order valence-electron chi connectivity index (χ4n) is 2.30. The van der Waals surface area contributed by atoms with E-state index < -0.39 is 23.0 Å². The van der Waals surface area contributed by atoms with Crippen LogP contribution in [0.3, 0.4) is 0 Å². The van der Waals surface area contributed by atoms with E-state index in [4.69, 9.17) is 10.2 Å². The summed E-state index contributed by atoms with van der Waals surface area (Å²) >= 11 is 0. The molecule has 2 unspecified atom stereocenters. The van der Waals surface area contributed by atoms with Gasteiger partial charge in [-0.3, -0.25) is 0 Å². The molecule has 0 bridgehead atoms. The fourth-order valence-corrected chi connectivity index (χ4v) is 2.30. The molecule has 168 valence electrons. The summed E-state index contributed by atoms with van der Waals surface area (Å²) in [6, 6.07) is 0. The lowest BCUT2D eigenvalue weighted by molar-refractivity contribution is -0.145. The lowest BCUT2D eigenvalue weighted by atomic mass is 9.96. The molecule has 0 fully saturated rings. The van der Waals surface area contributed by atoms with Crippen molar-refractivity contribution in [2.24, 2.45) is 10.2 Å². The maximum Gasteiger partial charge on any atom is 0.333 e. The average Bonchev–Trinajstić information content (AvgIpc) is 2.63. The van der Waals surface area contributed by atoms with E-state index in [-0.39, 0.29) is 0 Å². The van der Waals surface area contributed by atoms with E-state index in [1.165, 1.54) is 52.4 Å². The van der Waals surface area contributed by atoms with Crippen molar-refractivity contribution in [3.63, 3.8) is 0 Å². The Balaban J connectivity index is -0.000000512. The van der Waals surface area contributed by atoms with Crippen molar-refractivity contribution >= 4 is 11.9 Å². The normalized spacial score (nSPS) is 14.7. The summed E-state index contributed by atoms with van der Waals surface area (Å²) in [4.78, 5) is 22.3. The highest BCUT2D eigenvalue weighted by Crippen LogP contribution is 2.24. The van der Waals surface area contributed by atoms with E-state index in [0.717, 1.165) is 0 Å². The molecule has 0 radical (unpaired) electrons. The fraction of sp³-hybridized carbons (Fsp3) is 0.909. The molecule has 2 atom stereocenters. The molecule has 0 rings (SSSR count). The molecule has 6 heteroatoms. The van der Waals surface area contributed by atoms with Crippen LogP contribution in [0.1, 0.15) is 120 Å². The van der Waals surface area contributed by atoms with Crippen LogP contribution in [-0.4, -0.2) is 33.2 Å². The minimum absolute atomic E-state index is 0.327. The van der Waals surface area contributed by atoms with Gasteiger partial charge in [0.05, 0.1) is 0 Å². The van der Waals surface area contributed by atoms with Crippen LogP contribution in [0.2, 0.25) is 0 Å². The molecule has 0 aliphatic rings. The number of hydrogen-bond acceptors (Lipinski definition) is 4. The quantitative estimate of drug-likeness (QED) is 0.339. The van der Waals surface area contributed by atoms with Gasteiger partial charge in [0.2, 0.25) is 0 Å². The first kappa shape index (κ1) is 31.2. The zero-order valence-corrected chi connectivity index (χ0v) is 19.7. The van der Waals surface area contributed by atoms with E-state index in [0.29, 0.717) is 25.7 Å². The van der Waals surface area contributed by atoms with Crippen LogP contribution >= 0.6 is 0 Å². The minimum Gasteiger partial charge on any atom is -0.479 e. The van der Waals surface area contributed by atoms with Gasteiger partial charge in [-0.05, 0) is 26.7 Å². The number of carbonyl (C=O) groups is 2. The first-order chi connectivity index (χ1) is 13.0. The lowest BCUT2D eigenvalue weighted by Gasteiger charge is -2.22. The maximum absolute atomic E-state index is 11.2. The summed E-state index contributed by atoms with van der Waals surface area (Å²) in [5.74, 6) is -2.17. The number of carboxylic acid groups (broad SMARTS) is 2. The van der Waals surface area contributed by atoms with Crippen LogP contribution in [0.25, 0.3) is 0 Å². The molecule has 0 aliphatic carbocycles. The Kier molecular flexibility index (Phi) is 21.1. The van der Waals surface area contributed by atoms with E-state index in [9.17, 15) is 9.59 Å². The predicted molar refractivity (Wildman–Crippen MR) is 117 cm³/mol. The van der Waals surface area contributed by atoms with E-state index >= 15 is 0 Å². The van der Waals surface area contributed by atoms with E-state index in [1.807, 2.05) is 13.8 Å². The number of rotatable bonds is 12. The number of unbranched alkanes of at least 4 members (excludes halogenated alkanes) is 4. The molecule has 6 nitrogen and oxygen atoms in total. The smallest absolute Gasteiger partial charge is 0.333 e. The summed E-state index contributed by atoms with van der Waals surface area (Å²) in [6.45, 7) is 15.4. The largest absolute Gasteiger partial charge is 0.479 e. The van der Waals surface area contributed by atoms with Gasteiger partial charge in [-0.15, -0.1) is 0 Å². The van der Waals surface area contributed by atoms with Crippen LogP contribution in [-0.2, 0) is 9.59 Å². The van der Waals surface area contributed by atoms with Gasteiger partial charge in [-0.25, -0.2) is 9.59 Å². The van der Waals surface area contributed by atoms with Crippen molar-refractivity contribution in [1.82, 2.24) is 0 Å². The van der Waals surface area contributed by atoms with Gasteiger partial charge in [-0.1, -0.05) is 92.9 Å². The Bertz CT molecular complexity index is 385. The molecular formula is C22H46N2O4. The molecule has 0 heterocycles. The summed E-state index contributed by atoms with van der Waals surface area (Å²) in [7, 11) is 0. The van der Waals surface area contributed by atoms with Crippen LogP contribution in [0.5, 0.6) is 0 Å². The molecule has 0 aromatic heterocycles. The van der Waals surface area contributed by atoms with Gasteiger partial charge in [0.25, 0.3) is 0 Å². The molecule has 0 amide bonds. The summed E-state index contributed by atoms with van der Waals surface area (Å²) in [5.41, 5.74) is -2.70. The van der Waals surface area contributed by atoms with Gasteiger partial charge >= 0.3 is 11.9 Å². The summed E-state index contributed by atoms with van der Waals surface area (Å²) in [6.07, 6.45) is 10.1. The molecule has 0 saturated carbocycles. The minimum atomic E-state index is -1.35. The molecule has 0 saturated heterocycles. The highest BCUT2D eigenvalue weighted by Gasteiger charge is 2.37. The Labute approximate surface area is 173 Å². The number of azo groups is 1. The lowest BCUT2D eigenvalue weighted by Crippen LogP contribution is -2.36. The van der Waals surface area contributed by atoms with Crippen LogP contribution in [0.15, 0.2) is 10.2 Å².